The summed E-state index contributed by atoms with van der Waals surface area (Å²) in [6.07, 6.45) is 8.75. The van der Waals surface area contributed by atoms with E-state index in [1.54, 1.807) is 24.1 Å². The summed E-state index contributed by atoms with van der Waals surface area (Å²) in [6, 6.07) is 0.397. The highest BCUT2D eigenvalue weighted by Crippen LogP contribution is 2.35. The van der Waals surface area contributed by atoms with Crippen LogP contribution in [0.1, 0.15) is 48.9 Å². The van der Waals surface area contributed by atoms with Gasteiger partial charge in [-0.3, -0.25) is 14.3 Å². The van der Waals surface area contributed by atoms with Gasteiger partial charge in [0.1, 0.15) is 0 Å². The van der Waals surface area contributed by atoms with Gasteiger partial charge in [0, 0.05) is 49.7 Å². The summed E-state index contributed by atoms with van der Waals surface area (Å²) in [5.74, 6) is 1.19. The zero-order chi connectivity index (χ0) is 15.5. The molecule has 22 heavy (non-hydrogen) atoms. The number of hydrogen-bond donors (Lipinski definition) is 0. The van der Waals surface area contributed by atoms with Crippen molar-refractivity contribution in [1.29, 1.82) is 0 Å². The largest absolute Gasteiger partial charge is 0.338 e. The average molecular weight is 321 g/mol. The molecule has 0 spiro atoms. The maximum absolute atomic E-state index is 12.5. The van der Waals surface area contributed by atoms with Crippen LogP contribution in [0.4, 0.5) is 0 Å². The fourth-order valence-corrected chi connectivity index (χ4v) is 4.92. The molecule has 1 aromatic rings. The van der Waals surface area contributed by atoms with Crippen molar-refractivity contribution in [2.24, 2.45) is 7.05 Å². The predicted octanol–water partition coefficient (Wildman–Crippen LogP) is 2.27. The first-order chi connectivity index (χ1) is 10.6. The van der Waals surface area contributed by atoms with Gasteiger partial charge in [-0.25, -0.2) is 0 Å². The van der Waals surface area contributed by atoms with E-state index < -0.39 is 0 Å². The summed E-state index contributed by atoms with van der Waals surface area (Å²) in [5.41, 5.74) is 0.597. The highest BCUT2D eigenvalue weighted by Gasteiger charge is 2.36. The van der Waals surface area contributed by atoms with Crippen molar-refractivity contribution in [2.45, 2.75) is 49.8 Å². The minimum absolute atomic E-state index is 0.00743. The van der Waals surface area contributed by atoms with Crippen LogP contribution in [0.25, 0.3) is 0 Å². The lowest BCUT2D eigenvalue weighted by Crippen LogP contribution is -2.51. The van der Waals surface area contributed by atoms with Crippen molar-refractivity contribution in [3.05, 3.63) is 18.0 Å². The number of hydrogen-bond acceptors (Lipinski definition) is 4. The van der Waals surface area contributed by atoms with Gasteiger partial charge in [0.05, 0.1) is 11.8 Å². The maximum atomic E-state index is 12.5. The van der Waals surface area contributed by atoms with Gasteiger partial charge >= 0.3 is 0 Å². The zero-order valence-corrected chi connectivity index (χ0v) is 13.8. The number of rotatable bonds is 4. The molecule has 0 radical (unpaired) electrons. The molecule has 1 saturated heterocycles. The van der Waals surface area contributed by atoms with E-state index in [0.29, 0.717) is 23.3 Å². The first-order valence-electron chi connectivity index (χ1n) is 8.08. The van der Waals surface area contributed by atoms with Gasteiger partial charge in [-0.1, -0.05) is 12.8 Å². The lowest BCUT2D eigenvalue weighted by Gasteiger charge is -2.43. The molecule has 1 aliphatic carbocycles. The molecular weight excluding hydrogens is 298 g/mol. The number of aromatic nitrogens is 2. The fourth-order valence-electron chi connectivity index (χ4n) is 3.48. The molecule has 120 valence electrons. The van der Waals surface area contributed by atoms with Crippen LogP contribution in [0.3, 0.4) is 0 Å². The number of Topliss-reactive ketones (excluding diaryl/α,β-unsaturated/α-hetero) is 1. The minimum atomic E-state index is 0.00743. The summed E-state index contributed by atoms with van der Waals surface area (Å²) >= 11 is 2.02. The Morgan fingerprint density at radius 1 is 1.32 bits per heavy atom. The number of aryl methyl sites for hydroxylation is 1. The first kappa shape index (κ1) is 15.6. The average Bonchev–Trinajstić information content (AvgIpc) is 2.98. The lowest BCUT2D eigenvalue weighted by molar-refractivity contribution is -0.133. The van der Waals surface area contributed by atoms with Gasteiger partial charge in [-0.15, -0.1) is 0 Å². The van der Waals surface area contributed by atoms with Gasteiger partial charge in [0.2, 0.25) is 5.91 Å². The Morgan fingerprint density at radius 3 is 2.91 bits per heavy atom. The molecular formula is C16H23N3O2S. The molecule has 0 unspecified atom stereocenters. The predicted molar refractivity (Wildman–Crippen MR) is 87.0 cm³/mol. The van der Waals surface area contributed by atoms with Gasteiger partial charge in [-0.2, -0.15) is 16.9 Å². The molecule has 1 aliphatic heterocycles. The number of nitrogens with zero attached hydrogens (tertiary/aromatic N) is 3. The van der Waals surface area contributed by atoms with Crippen LogP contribution in [-0.4, -0.2) is 50.0 Å². The summed E-state index contributed by atoms with van der Waals surface area (Å²) in [7, 11) is 1.79. The Hall–Kier alpha value is -1.30. The third-order valence-electron chi connectivity index (χ3n) is 4.65. The Morgan fingerprint density at radius 2 is 2.14 bits per heavy atom. The number of ketones is 1. The highest BCUT2D eigenvalue weighted by molar-refractivity contribution is 8.00. The van der Waals surface area contributed by atoms with Crippen LogP contribution >= 0.6 is 11.8 Å². The maximum Gasteiger partial charge on any atom is 0.223 e. The van der Waals surface area contributed by atoms with Crippen molar-refractivity contribution in [3.8, 4) is 0 Å². The van der Waals surface area contributed by atoms with Crippen molar-refractivity contribution < 1.29 is 9.59 Å². The molecule has 5 nitrogen and oxygen atoms in total. The van der Waals surface area contributed by atoms with E-state index in [1.807, 2.05) is 11.8 Å². The van der Waals surface area contributed by atoms with Crippen LogP contribution in [0.2, 0.25) is 0 Å². The Labute approximate surface area is 135 Å². The van der Waals surface area contributed by atoms with E-state index in [-0.39, 0.29) is 18.1 Å². The first-order valence-corrected chi connectivity index (χ1v) is 9.13. The molecule has 0 aromatic carbocycles. The second kappa shape index (κ2) is 6.86. The van der Waals surface area contributed by atoms with Crippen molar-refractivity contribution >= 4 is 23.5 Å². The molecule has 2 aliphatic rings. The van der Waals surface area contributed by atoms with Crippen LogP contribution in [-0.2, 0) is 11.8 Å². The molecule has 1 aromatic heterocycles. The van der Waals surface area contributed by atoms with Crippen molar-refractivity contribution in [1.82, 2.24) is 14.7 Å². The molecule has 0 bridgehead atoms. The minimum Gasteiger partial charge on any atom is -0.338 e. The standard InChI is InChI=1S/C16H23N3O2S/c1-18-11-12(10-17-18)14(20)6-7-16(21)19-8-9-22-15-5-3-2-4-13(15)19/h10-11,13,15H,2-9H2,1H3/t13-,15-/m1/s1. The second-order valence-electron chi connectivity index (χ2n) is 6.17. The molecule has 6 heteroatoms. The van der Waals surface area contributed by atoms with E-state index in [9.17, 15) is 9.59 Å². The van der Waals surface area contributed by atoms with E-state index in [0.717, 1.165) is 18.7 Å². The Kier molecular flexibility index (Phi) is 4.86. The number of carbonyl (C=O) groups is 2. The van der Waals surface area contributed by atoms with Crippen LogP contribution in [0.15, 0.2) is 12.4 Å². The number of fused-ring (bicyclic) bond motifs is 1. The molecule has 0 N–H and O–H groups in total. The normalized spacial score (nSPS) is 24.9. The van der Waals surface area contributed by atoms with Crippen molar-refractivity contribution in [2.75, 3.05) is 12.3 Å². The monoisotopic (exact) mass is 321 g/mol. The molecule has 1 saturated carbocycles. The lowest BCUT2D eigenvalue weighted by atomic mass is 9.93. The van der Waals surface area contributed by atoms with Gasteiger partial charge in [-0.05, 0) is 12.8 Å². The van der Waals surface area contributed by atoms with E-state index in [2.05, 4.69) is 10.00 Å². The summed E-state index contributed by atoms with van der Waals surface area (Å²) in [4.78, 5) is 26.7. The van der Waals surface area contributed by atoms with Crippen LogP contribution < -0.4 is 0 Å². The quantitative estimate of drug-likeness (QED) is 0.798. The summed E-state index contributed by atoms with van der Waals surface area (Å²) < 4.78 is 1.61. The highest BCUT2D eigenvalue weighted by atomic mass is 32.2. The SMILES string of the molecule is Cn1cc(C(=O)CCC(=O)N2CCS[C@@H]3CCCC[C@H]32)cn1. The van der Waals surface area contributed by atoms with Crippen LogP contribution in [0, 0.1) is 0 Å². The molecule has 3 rings (SSSR count). The van der Waals surface area contributed by atoms with Crippen molar-refractivity contribution in [3.63, 3.8) is 0 Å². The Balaban J connectivity index is 1.56. The molecule has 2 fully saturated rings. The van der Waals surface area contributed by atoms with Gasteiger partial charge < -0.3 is 4.90 Å². The van der Waals surface area contributed by atoms with Gasteiger partial charge in [0.25, 0.3) is 0 Å². The topological polar surface area (TPSA) is 55.2 Å². The zero-order valence-electron chi connectivity index (χ0n) is 13.0. The molecule has 2 heterocycles. The molecule has 2 atom stereocenters. The third-order valence-corrected chi connectivity index (χ3v) is 6.04. The smallest absolute Gasteiger partial charge is 0.223 e. The fraction of sp³-hybridized carbons (Fsp3) is 0.688. The Bertz CT molecular complexity index is 555. The molecule has 1 amide bonds. The second-order valence-corrected chi connectivity index (χ2v) is 7.52. The van der Waals surface area contributed by atoms with E-state index >= 15 is 0 Å². The summed E-state index contributed by atoms with van der Waals surface area (Å²) in [6.45, 7) is 0.839. The van der Waals surface area contributed by atoms with E-state index in [4.69, 9.17) is 0 Å². The third kappa shape index (κ3) is 3.37. The number of carbonyl (C=O) groups excluding carboxylic acids is 2. The summed E-state index contributed by atoms with van der Waals surface area (Å²) in [5, 5.41) is 4.62. The van der Waals surface area contributed by atoms with Gasteiger partial charge in [0.15, 0.2) is 5.78 Å². The number of thioether (sulfide) groups is 1. The van der Waals surface area contributed by atoms with E-state index in [1.165, 1.54) is 19.3 Å². The number of amides is 1. The van der Waals surface area contributed by atoms with Crippen LogP contribution in [0.5, 0.6) is 0 Å².